The van der Waals surface area contributed by atoms with E-state index in [9.17, 15) is 0 Å². The highest BCUT2D eigenvalue weighted by molar-refractivity contribution is 8.00. The van der Waals surface area contributed by atoms with E-state index in [-0.39, 0.29) is 0 Å². The Morgan fingerprint density at radius 3 is 2.79 bits per heavy atom. The van der Waals surface area contributed by atoms with Crippen molar-refractivity contribution >= 4 is 11.8 Å². The maximum absolute atomic E-state index is 5.79. The minimum Gasteiger partial charge on any atom is -0.377 e. The first-order valence-corrected chi connectivity index (χ1v) is 6.72. The molecule has 82 valence electrons. The van der Waals surface area contributed by atoms with Gasteiger partial charge >= 0.3 is 0 Å². The highest BCUT2D eigenvalue weighted by Gasteiger charge is 2.33. The Morgan fingerprint density at radius 2 is 2.14 bits per heavy atom. The van der Waals surface area contributed by atoms with Crippen molar-refractivity contribution < 1.29 is 4.74 Å². The molecule has 0 bridgehead atoms. The van der Waals surface area contributed by atoms with Gasteiger partial charge in [0.25, 0.3) is 0 Å². The first kappa shape index (κ1) is 10.8. The molecule has 2 aliphatic rings. The highest BCUT2D eigenvalue weighted by Crippen LogP contribution is 2.40. The summed E-state index contributed by atoms with van der Waals surface area (Å²) < 4.78 is 5.59. The predicted molar refractivity (Wildman–Crippen MR) is 61.6 cm³/mol. The van der Waals surface area contributed by atoms with Gasteiger partial charge < -0.3 is 10.5 Å². The van der Waals surface area contributed by atoms with Crippen LogP contribution in [0.15, 0.2) is 0 Å². The Kier molecular flexibility index (Phi) is 3.74. The molecule has 1 saturated heterocycles. The lowest BCUT2D eigenvalue weighted by molar-refractivity contribution is 0.127. The molecule has 14 heavy (non-hydrogen) atoms. The number of hydrogen-bond donors (Lipinski definition) is 1. The molecular weight excluding hydrogens is 194 g/mol. The van der Waals surface area contributed by atoms with Gasteiger partial charge in [0.15, 0.2) is 0 Å². The Bertz CT molecular complexity index is 188. The standard InChI is InChI=1S/C11H21NOS/c1-8-10(5-6-13-8)14-11-4-2-3-9(11)7-12/h8-11H,2-7,12H2,1H3. The van der Waals surface area contributed by atoms with Crippen molar-refractivity contribution in [3.8, 4) is 0 Å². The first-order valence-electron chi connectivity index (χ1n) is 5.78. The minimum atomic E-state index is 0.457. The Labute approximate surface area is 91.0 Å². The number of thioether (sulfide) groups is 1. The Balaban J connectivity index is 1.83. The fraction of sp³-hybridized carbons (Fsp3) is 1.00. The SMILES string of the molecule is CC1OCCC1SC1CCCC1CN. The van der Waals surface area contributed by atoms with Gasteiger partial charge in [-0.2, -0.15) is 11.8 Å². The van der Waals surface area contributed by atoms with Crippen molar-refractivity contribution in [1.82, 2.24) is 0 Å². The fourth-order valence-corrected chi connectivity index (χ4v) is 4.32. The molecule has 4 atom stereocenters. The first-order chi connectivity index (χ1) is 6.81. The van der Waals surface area contributed by atoms with E-state index in [1.165, 1.54) is 25.7 Å². The molecule has 1 aliphatic carbocycles. The van der Waals surface area contributed by atoms with Crippen LogP contribution in [0.4, 0.5) is 0 Å². The van der Waals surface area contributed by atoms with Crippen molar-refractivity contribution in [3.63, 3.8) is 0 Å². The van der Waals surface area contributed by atoms with Crippen molar-refractivity contribution in [2.75, 3.05) is 13.2 Å². The molecule has 2 N–H and O–H groups in total. The second-order valence-corrected chi connectivity index (χ2v) is 5.99. The van der Waals surface area contributed by atoms with Crippen LogP contribution in [-0.2, 0) is 4.74 Å². The minimum absolute atomic E-state index is 0.457. The van der Waals surface area contributed by atoms with Crippen LogP contribution in [0.3, 0.4) is 0 Å². The molecule has 3 heteroatoms. The zero-order valence-corrected chi connectivity index (χ0v) is 9.76. The van der Waals surface area contributed by atoms with E-state index in [4.69, 9.17) is 10.5 Å². The summed E-state index contributed by atoms with van der Waals surface area (Å²) in [6.07, 6.45) is 5.78. The van der Waals surface area contributed by atoms with Crippen LogP contribution in [0.25, 0.3) is 0 Å². The summed E-state index contributed by atoms with van der Waals surface area (Å²) in [4.78, 5) is 0. The topological polar surface area (TPSA) is 35.2 Å². The van der Waals surface area contributed by atoms with E-state index in [2.05, 4.69) is 18.7 Å². The third kappa shape index (κ3) is 2.26. The summed E-state index contributed by atoms with van der Waals surface area (Å²) in [5.74, 6) is 0.771. The second kappa shape index (κ2) is 4.86. The van der Waals surface area contributed by atoms with Crippen LogP contribution in [-0.4, -0.2) is 29.8 Å². The Hall–Kier alpha value is 0.270. The van der Waals surface area contributed by atoms with E-state index in [0.29, 0.717) is 6.10 Å². The van der Waals surface area contributed by atoms with Gasteiger partial charge in [-0.1, -0.05) is 6.42 Å². The number of rotatable bonds is 3. The monoisotopic (exact) mass is 215 g/mol. The maximum Gasteiger partial charge on any atom is 0.0666 e. The molecule has 1 aliphatic heterocycles. The molecule has 2 rings (SSSR count). The molecule has 1 heterocycles. The van der Waals surface area contributed by atoms with Crippen LogP contribution in [0.2, 0.25) is 0 Å². The fourth-order valence-electron chi connectivity index (χ4n) is 2.57. The quantitative estimate of drug-likeness (QED) is 0.782. The molecule has 0 radical (unpaired) electrons. The summed E-state index contributed by atoms with van der Waals surface area (Å²) in [5, 5.41) is 1.54. The zero-order chi connectivity index (χ0) is 9.97. The van der Waals surface area contributed by atoms with Crippen LogP contribution in [0, 0.1) is 5.92 Å². The second-order valence-electron chi connectivity index (χ2n) is 4.50. The number of ether oxygens (including phenoxy) is 1. The zero-order valence-electron chi connectivity index (χ0n) is 8.95. The average molecular weight is 215 g/mol. The summed E-state index contributed by atoms with van der Waals surface area (Å²) in [5.41, 5.74) is 5.79. The smallest absolute Gasteiger partial charge is 0.0666 e. The third-order valence-electron chi connectivity index (χ3n) is 3.55. The molecule has 4 unspecified atom stereocenters. The third-order valence-corrected chi connectivity index (χ3v) is 5.49. The van der Waals surface area contributed by atoms with Gasteiger partial charge in [0, 0.05) is 17.1 Å². The molecule has 1 saturated carbocycles. The normalized spacial score (nSPS) is 43.3. The average Bonchev–Trinajstić information content (AvgIpc) is 2.77. The van der Waals surface area contributed by atoms with E-state index < -0.39 is 0 Å². The summed E-state index contributed by atoms with van der Waals surface area (Å²) in [6.45, 7) is 4.04. The molecule has 0 aromatic rings. The molecule has 0 spiro atoms. The van der Waals surface area contributed by atoms with Gasteiger partial charge in [0.1, 0.15) is 0 Å². The number of nitrogens with two attached hydrogens (primary N) is 1. The van der Waals surface area contributed by atoms with Crippen molar-refractivity contribution in [3.05, 3.63) is 0 Å². The molecule has 2 fully saturated rings. The van der Waals surface area contributed by atoms with Gasteiger partial charge in [-0.05, 0) is 38.6 Å². The van der Waals surface area contributed by atoms with Gasteiger partial charge in [-0.25, -0.2) is 0 Å². The lowest BCUT2D eigenvalue weighted by atomic mass is 10.1. The van der Waals surface area contributed by atoms with E-state index in [0.717, 1.165) is 29.6 Å². The van der Waals surface area contributed by atoms with E-state index in [1.807, 2.05) is 0 Å². The maximum atomic E-state index is 5.79. The summed E-state index contributed by atoms with van der Waals surface area (Å²) >= 11 is 2.15. The largest absolute Gasteiger partial charge is 0.377 e. The molecule has 0 amide bonds. The lowest BCUT2D eigenvalue weighted by Crippen LogP contribution is -2.24. The summed E-state index contributed by atoms with van der Waals surface area (Å²) in [6, 6.07) is 0. The van der Waals surface area contributed by atoms with Gasteiger partial charge in [0.2, 0.25) is 0 Å². The van der Waals surface area contributed by atoms with E-state index in [1.54, 1.807) is 0 Å². The van der Waals surface area contributed by atoms with Crippen molar-refractivity contribution in [2.45, 2.75) is 49.2 Å². The molecule has 0 aromatic heterocycles. The number of hydrogen-bond acceptors (Lipinski definition) is 3. The lowest BCUT2D eigenvalue weighted by Gasteiger charge is -2.22. The van der Waals surface area contributed by atoms with Crippen molar-refractivity contribution in [1.29, 1.82) is 0 Å². The molecular formula is C11H21NOS. The molecule has 0 aromatic carbocycles. The summed E-state index contributed by atoms with van der Waals surface area (Å²) in [7, 11) is 0. The van der Waals surface area contributed by atoms with Gasteiger partial charge in [0.05, 0.1) is 6.10 Å². The van der Waals surface area contributed by atoms with Crippen molar-refractivity contribution in [2.24, 2.45) is 11.7 Å². The highest BCUT2D eigenvalue weighted by atomic mass is 32.2. The van der Waals surface area contributed by atoms with Crippen LogP contribution < -0.4 is 5.73 Å². The van der Waals surface area contributed by atoms with Crippen LogP contribution in [0.5, 0.6) is 0 Å². The van der Waals surface area contributed by atoms with Crippen LogP contribution in [0.1, 0.15) is 32.6 Å². The predicted octanol–water partition coefficient (Wildman–Crippen LogP) is 2.02. The van der Waals surface area contributed by atoms with Gasteiger partial charge in [-0.15, -0.1) is 0 Å². The Morgan fingerprint density at radius 1 is 1.29 bits per heavy atom. The van der Waals surface area contributed by atoms with Crippen LogP contribution >= 0.6 is 11.8 Å². The van der Waals surface area contributed by atoms with Gasteiger partial charge in [-0.3, -0.25) is 0 Å². The molecule has 2 nitrogen and oxygen atoms in total. The van der Waals surface area contributed by atoms with E-state index >= 15 is 0 Å².